The summed E-state index contributed by atoms with van der Waals surface area (Å²) < 4.78 is 0. The first kappa shape index (κ1) is 12.8. The van der Waals surface area contributed by atoms with Crippen molar-refractivity contribution in [2.24, 2.45) is 11.1 Å². The van der Waals surface area contributed by atoms with Crippen molar-refractivity contribution in [3.8, 4) is 0 Å². The van der Waals surface area contributed by atoms with Crippen molar-refractivity contribution in [3.05, 3.63) is 0 Å². The quantitative estimate of drug-likeness (QED) is 0.463. The standard InChI is InChI=1S/C13H25N3O/c14-12(15)9-13(5-6-13)10-16-7-1-3-11(16)4-2-8-17/h11,17H,1-10H2,(H3,14,15). The molecule has 2 aliphatic rings. The Labute approximate surface area is 104 Å². The number of hydrogen-bond acceptors (Lipinski definition) is 3. The highest BCUT2D eigenvalue weighted by Crippen LogP contribution is 2.50. The van der Waals surface area contributed by atoms with Crippen LogP contribution in [0.2, 0.25) is 0 Å². The minimum atomic E-state index is 0.308. The summed E-state index contributed by atoms with van der Waals surface area (Å²) in [6.07, 6.45) is 7.83. The third-order valence-electron chi connectivity index (χ3n) is 4.26. The van der Waals surface area contributed by atoms with Crippen molar-refractivity contribution in [1.29, 1.82) is 5.41 Å². The smallest absolute Gasteiger partial charge is 0.0911 e. The van der Waals surface area contributed by atoms with Gasteiger partial charge in [0.05, 0.1) is 5.84 Å². The van der Waals surface area contributed by atoms with Crippen LogP contribution < -0.4 is 5.73 Å². The van der Waals surface area contributed by atoms with Crippen LogP contribution in [0.3, 0.4) is 0 Å². The second-order valence-electron chi connectivity index (χ2n) is 5.83. The predicted molar refractivity (Wildman–Crippen MR) is 69.1 cm³/mol. The molecule has 1 unspecified atom stereocenters. The van der Waals surface area contributed by atoms with Crippen molar-refractivity contribution < 1.29 is 5.11 Å². The third kappa shape index (κ3) is 3.42. The van der Waals surface area contributed by atoms with E-state index < -0.39 is 0 Å². The zero-order valence-electron chi connectivity index (χ0n) is 10.6. The van der Waals surface area contributed by atoms with Crippen molar-refractivity contribution >= 4 is 5.84 Å². The van der Waals surface area contributed by atoms with Crippen LogP contribution in [-0.2, 0) is 0 Å². The minimum absolute atomic E-state index is 0.308. The van der Waals surface area contributed by atoms with Crippen molar-refractivity contribution in [3.63, 3.8) is 0 Å². The van der Waals surface area contributed by atoms with Gasteiger partial charge in [0.25, 0.3) is 0 Å². The van der Waals surface area contributed by atoms with Crippen molar-refractivity contribution in [2.45, 2.75) is 51.0 Å². The highest BCUT2D eigenvalue weighted by atomic mass is 16.2. The van der Waals surface area contributed by atoms with E-state index in [1.165, 1.54) is 32.2 Å². The van der Waals surface area contributed by atoms with Gasteiger partial charge in [-0.2, -0.15) is 0 Å². The molecule has 2 rings (SSSR count). The van der Waals surface area contributed by atoms with Crippen molar-refractivity contribution in [2.75, 3.05) is 19.7 Å². The molecule has 2 fully saturated rings. The average molecular weight is 239 g/mol. The molecule has 0 radical (unpaired) electrons. The fourth-order valence-corrected chi connectivity index (χ4v) is 3.16. The number of hydrogen-bond donors (Lipinski definition) is 3. The van der Waals surface area contributed by atoms with Gasteiger partial charge in [0.1, 0.15) is 0 Å². The minimum Gasteiger partial charge on any atom is -0.396 e. The highest BCUT2D eigenvalue weighted by molar-refractivity contribution is 5.78. The van der Waals surface area contributed by atoms with E-state index in [4.69, 9.17) is 16.2 Å². The first-order chi connectivity index (χ1) is 8.15. The fraction of sp³-hybridized carbons (Fsp3) is 0.923. The number of aliphatic hydroxyl groups is 1. The number of nitrogens with two attached hydrogens (primary N) is 1. The largest absolute Gasteiger partial charge is 0.396 e. The number of nitrogens with zero attached hydrogens (tertiary/aromatic N) is 1. The van der Waals surface area contributed by atoms with E-state index in [0.29, 0.717) is 23.9 Å². The first-order valence-corrected chi connectivity index (χ1v) is 6.83. The summed E-state index contributed by atoms with van der Waals surface area (Å²) in [7, 11) is 0. The van der Waals surface area contributed by atoms with Crippen LogP contribution in [0, 0.1) is 10.8 Å². The molecule has 4 N–H and O–H groups in total. The van der Waals surface area contributed by atoms with Gasteiger partial charge in [-0.1, -0.05) is 0 Å². The van der Waals surface area contributed by atoms with Gasteiger partial charge in [0.15, 0.2) is 0 Å². The van der Waals surface area contributed by atoms with Gasteiger partial charge in [-0.3, -0.25) is 10.3 Å². The summed E-state index contributed by atoms with van der Waals surface area (Å²) in [5.74, 6) is 0.341. The Morgan fingerprint density at radius 3 is 2.82 bits per heavy atom. The van der Waals surface area contributed by atoms with E-state index in [-0.39, 0.29) is 0 Å². The summed E-state index contributed by atoms with van der Waals surface area (Å²) in [5.41, 5.74) is 5.87. The lowest BCUT2D eigenvalue weighted by atomic mass is 10.00. The molecule has 4 nitrogen and oxygen atoms in total. The van der Waals surface area contributed by atoms with Gasteiger partial charge in [-0.05, 0) is 50.5 Å². The Morgan fingerprint density at radius 2 is 2.24 bits per heavy atom. The van der Waals surface area contributed by atoms with Crippen LogP contribution in [0.1, 0.15) is 44.9 Å². The third-order valence-corrected chi connectivity index (χ3v) is 4.26. The molecule has 1 heterocycles. The summed E-state index contributed by atoms with van der Waals surface area (Å²) in [5, 5.41) is 16.4. The maximum Gasteiger partial charge on any atom is 0.0911 e. The van der Waals surface area contributed by atoms with Gasteiger partial charge in [-0.25, -0.2) is 0 Å². The highest BCUT2D eigenvalue weighted by Gasteiger charge is 2.45. The lowest BCUT2D eigenvalue weighted by Crippen LogP contribution is -2.36. The molecular formula is C13H25N3O. The number of amidine groups is 1. The molecule has 0 aromatic rings. The second-order valence-corrected chi connectivity index (χ2v) is 5.83. The van der Waals surface area contributed by atoms with Gasteiger partial charge in [0.2, 0.25) is 0 Å². The first-order valence-electron chi connectivity index (χ1n) is 6.83. The second kappa shape index (κ2) is 5.36. The lowest BCUT2D eigenvalue weighted by molar-refractivity contribution is 0.184. The molecule has 0 amide bonds. The molecule has 0 aromatic carbocycles. The molecule has 1 aliphatic heterocycles. The Morgan fingerprint density at radius 1 is 1.47 bits per heavy atom. The summed E-state index contributed by atoms with van der Waals surface area (Å²) >= 11 is 0. The Kier molecular flexibility index (Phi) is 4.05. The molecule has 1 aliphatic carbocycles. The fourth-order valence-electron chi connectivity index (χ4n) is 3.16. The van der Waals surface area contributed by atoms with E-state index in [9.17, 15) is 0 Å². The molecule has 1 atom stereocenters. The average Bonchev–Trinajstić information content (AvgIpc) is 2.87. The van der Waals surface area contributed by atoms with Crippen LogP contribution in [0.5, 0.6) is 0 Å². The summed E-state index contributed by atoms with van der Waals surface area (Å²) in [6.45, 7) is 2.61. The van der Waals surface area contributed by atoms with Crippen LogP contribution in [-0.4, -0.2) is 41.6 Å². The maximum atomic E-state index is 8.91. The summed E-state index contributed by atoms with van der Waals surface area (Å²) in [4.78, 5) is 2.58. The van der Waals surface area contributed by atoms with Crippen LogP contribution in [0.15, 0.2) is 0 Å². The van der Waals surface area contributed by atoms with E-state index in [0.717, 1.165) is 25.8 Å². The molecule has 17 heavy (non-hydrogen) atoms. The predicted octanol–water partition coefficient (Wildman–Crippen LogP) is 1.33. The Hall–Kier alpha value is -0.610. The number of likely N-dealkylation sites (tertiary alicyclic amines) is 1. The Bertz CT molecular complexity index is 276. The van der Waals surface area contributed by atoms with E-state index >= 15 is 0 Å². The number of rotatable bonds is 7. The zero-order valence-corrected chi connectivity index (χ0v) is 10.6. The van der Waals surface area contributed by atoms with Crippen LogP contribution in [0.4, 0.5) is 0 Å². The van der Waals surface area contributed by atoms with Crippen LogP contribution >= 0.6 is 0 Å². The lowest BCUT2D eigenvalue weighted by Gasteiger charge is -2.28. The van der Waals surface area contributed by atoms with Gasteiger partial charge in [-0.15, -0.1) is 0 Å². The summed E-state index contributed by atoms with van der Waals surface area (Å²) in [6, 6.07) is 0.659. The van der Waals surface area contributed by atoms with E-state index in [2.05, 4.69) is 4.90 Å². The zero-order chi connectivity index (χ0) is 12.3. The topological polar surface area (TPSA) is 73.3 Å². The monoisotopic (exact) mass is 239 g/mol. The van der Waals surface area contributed by atoms with E-state index in [1.807, 2.05) is 0 Å². The van der Waals surface area contributed by atoms with Crippen LogP contribution in [0.25, 0.3) is 0 Å². The van der Waals surface area contributed by atoms with E-state index in [1.54, 1.807) is 0 Å². The molecule has 1 saturated carbocycles. The molecule has 0 aromatic heterocycles. The SMILES string of the molecule is N=C(N)CC1(CN2CCCC2CCCO)CC1. The molecule has 4 heteroatoms. The molecular weight excluding hydrogens is 214 g/mol. The Balaban J connectivity index is 1.83. The number of nitrogens with one attached hydrogen (secondary N) is 1. The maximum absolute atomic E-state index is 8.91. The number of aliphatic hydroxyl groups excluding tert-OH is 1. The van der Waals surface area contributed by atoms with Gasteiger partial charge in [0, 0.05) is 25.6 Å². The van der Waals surface area contributed by atoms with Gasteiger partial charge < -0.3 is 10.8 Å². The molecule has 1 saturated heterocycles. The molecule has 98 valence electrons. The normalized spacial score (nSPS) is 27.2. The molecule has 0 bridgehead atoms. The molecule has 0 spiro atoms. The van der Waals surface area contributed by atoms with Gasteiger partial charge >= 0.3 is 0 Å². The van der Waals surface area contributed by atoms with Crippen molar-refractivity contribution in [1.82, 2.24) is 4.90 Å².